The molecular formula is C22H25N5O3S. The Bertz CT molecular complexity index is 1150. The van der Waals surface area contributed by atoms with Crippen molar-refractivity contribution >= 4 is 34.5 Å². The van der Waals surface area contributed by atoms with E-state index in [9.17, 15) is 10.1 Å². The summed E-state index contributed by atoms with van der Waals surface area (Å²) >= 11 is 1.31. The smallest absolute Gasteiger partial charge is 0.235 e. The van der Waals surface area contributed by atoms with Crippen molar-refractivity contribution in [2.24, 2.45) is 0 Å². The number of imidazole rings is 1. The minimum Gasteiger partial charge on any atom is -0.497 e. The van der Waals surface area contributed by atoms with E-state index >= 15 is 0 Å². The lowest BCUT2D eigenvalue weighted by molar-refractivity contribution is -0.113. The van der Waals surface area contributed by atoms with Gasteiger partial charge in [0.2, 0.25) is 5.91 Å². The van der Waals surface area contributed by atoms with Crippen LogP contribution in [0.15, 0.2) is 23.4 Å². The zero-order valence-electron chi connectivity index (χ0n) is 17.8. The normalized spacial score (nSPS) is 15.9. The number of amides is 1. The summed E-state index contributed by atoms with van der Waals surface area (Å²) in [4.78, 5) is 20.4. The van der Waals surface area contributed by atoms with Crippen molar-refractivity contribution in [1.82, 2.24) is 14.5 Å². The van der Waals surface area contributed by atoms with E-state index in [0.717, 1.165) is 47.5 Å². The molecule has 4 rings (SSSR count). The van der Waals surface area contributed by atoms with Crippen LogP contribution in [-0.4, -0.2) is 46.0 Å². The molecule has 9 heteroatoms. The average Bonchev–Trinajstić information content (AvgIpc) is 3.48. The summed E-state index contributed by atoms with van der Waals surface area (Å²) in [6.07, 6.45) is 2.13. The molecule has 31 heavy (non-hydrogen) atoms. The molecule has 2 N–H and O–H groups in total. The Labute approximate surface area is 184 Å². The van der Waals surface area contributed by atoms with Gasteiger partial charge >= 0.3 is 0 Å². The third kappa shape index (κ3) is 4.40. The van der Waals surface area contributed by atoms with Crippen molar-refractivity contribution in [1.29, 1.82) is 5.26 Å². The molecular weight excluding hydrogens is 414 g/mol. The van der Waals surface area contributed by atoms with E-state index in [1.807, 2.05) is 36.6 Å². The van der Waals surface area contributed by atoms with Crippen molar-refractivity contribution in [3.05, 3.63) is 35.0 Å². The van der Waals surface area contributed by atoms with Crippen LogP contribution in [0.25, 0.3) is 11.0 Å². The number of thioether (sulfide) groups is 1. The van der Waals surface area contributed by atoms with E-state index in [-0.39, 0.29) is 17.8 Å². The molecule has 1 amide bonds. The number of anilines is 1. The van der Waals surface area contributed by atoms with Crippen LogP contribution >= 0.6 is 11.8 Å². The Kier molecular flexibility index (Phi) is 6.20. The van der Waals surface area contributed by atoms with Gasteiger partial charge in [-0.15, -0.1) is 0 Å². The highest BCUT2D eigenvalue weighted by Crippen LogP contribution is 2.29. The van der Waals surface area contributed by atoms with Gasteiger partial charge in [-0.3, -0.25) is 4.79 Å². The average molecular weight is 440 g/mol. The Morgan fingerprint density at radius 3 is 3.03 bits per heavy atom. The maximum atomic E-state index is 12.7. The van der Waals surface area contributed by atoms with Gasteiger partial charge in [-0.1, -0.05) is 11.8 Å². The molecule has 3 heterocycles. The number of hydrogen-bond acceptors (Lipinski definition) is 6. The van der Waals surface area contributed by atoms with Crippen LogP contribution in [0.2, 0.25) is 0 Å². The van der Waals surface area contributed by atoms with E-state index < -0.39 is 0 Å². The van der Waals surface area contributed by atoms with E-state index in [2.05, 4.69) is 21.4 Å². The molecule has 1 fully saturated rings. The SMILES string of the molecule is COc1ccc2nc(SCC(=O)Nc3c(C#N)c(C)c(C)n3CC3CCCO3)[nH]c2c1. The number of rotatable bonds is 7. The van der Waals surface area contributed by atoms with Gasteiger partial charge in [-0.25, -0.2) is 4.98 Å². The van der Waals surface area contributed by atoms with Gasteiger partial charge in [0.15, 0.2) is 5.16 Å². The second-order valence-electron chi connectivity index (χ2n) is 7.55. The zero-order valence-corrected chi connectivity index (χ0v) is 18.6. The van der Waals surface area contributed by atoms with Gasteiger partial charge < -0.3 is 24.3 Å². The number of aromatic amines is 1. The van der Waals surface area contributed by atoms with Crippen LogP contribution in [0, 0.1) is 25.2 Å². The monoisotopic (exact) mass is 439 g/mol. The third-order valence-corrected chi connectivity index (χ3v) is 6.49. The predicted molar refractivity (Wildman–Crippen MR) is 120 cm³/mol. The Balaban J connectivity index is 1.47. The van der Waals surface area contributed by atoms with Crippen LogP contribution < -0.4 is 10.1 Å². The molecule has 0 aliphatic carbocycles. The highest BCUT2D eigenvalue weighted by molar-refractivity contribution is 7.99. The number of fused-ring (bicyclic) bond motifs is 1. The number of carbonyl (C=O) groups is 1. The molecule has 3 aromatic rings. The molecule has 1 saturated heterocycles. The molecule has 0 spiro atoms. The zero-order chi connectivity index (χ0) is 22.0. The van der Waals surface area contributed by atoms with Crippen LogP contribution in [0.5, 0.6) is 5.75 Å². The fourth-order valence-corrected chi connectivity index (χ4v) is 4.50. The van der Waals surface area contributed by atoms with Crippen LogP contribution in [0.3, 0.4) is 0 Å². The number of benzene rings is 1. The Morgan fingerprint density at radius 2 is 2.32 bits per heavy atom. The number of carbonyl (C=O) groups excluding carboxylic acids is 1. The molecule has 1 aliphatic heterocycles. The second kappa shape index (κ2) is 9.04. The third-order valence-electron chi connectivity index (χ3n) is 5.62. The highest BCUT2D eigenvalue weighted by Gasteiger charge is 2.24. The number of hydrogen-bond donors (Lipinski definition) is 2. The van der Waals surface area contributed by atoms with Crippen molar-refractivity contribution < 1.29 is 14.3 Å². The number of nitrogens with one attached hydrogen (secondary N) is 2. The van der Waals surface area contributed by atoms with Crippen molar-refractivity contribution in [3.8, 4) is 11.8 Å². The molecule has 0 radical (unpaired) electrons. The topological polar surface area (TPSA) is 105 Å². The van der Waals surface area contributed by atoms with E-state index in [0.29, 0.717) is 23.1 Å². The molecule has 1 unspecified atom stereocenters. The van der Waals surface area contributed by atoms with Crippen molar-refractivity contribution in [3.63, 3.8) is 0 Å². The number of nitriles is 1. The first-order valence-corrected chi connectivity index (χ1v) is 11.2. The van der Waals surface area contributed by atoms with Gasteiger partial charge in [0.05, 0.1) is 42.1 Å². The summed E-state index contributed by atoms with van der Waals surface area (Å²) in [5, 5.41) is 13.3. The van der Waals surface area contributed by atoms with Crippen LogP contribution in [0.1, 0.15) is 29.7 Å². The van der Waals surface area contributed by atoms with Crippen LogP contribution in [0.4, 0.5) is 5.82 Å². The molecule has 8 nitrogen and oxygen atoms in total. The van der Waals surface area contributed by atoms with Gasteiger partial charge in [0, 0.05) is 18.4 Å². The van der Waals surface area contributed by atoms with Crippen molar-refractivity contribution in [2.45, 2.75) is 44.5 Å². The largest absolute Gasteiger partial charge is 0.497 e. The minimum atomic E-state index is -0.189. The first-order valence-electron chi connectivity index (χ1n) is 10.2. The van der Waals surface area contributed by atoms with Crippen LogP contribution in [-0.2, 0) is 16.1 Å². The molecule has 0 bridgehead atoms. The number of ether oxygens (including phenoxy) is 2. The lowest BCUT2D eigenvalue weighted by Crippen LogP contribution is -2.22. The highest BCUT2D eigenvalue weighted by atomic mass is 32.2. The number of aromatic nitrogens is 3. The van der Waals surface area contributed by atoms with Gasteiger partial charge in [-0.2, -0.15) is 5.26 Å². The molecule has 162 valence electrons. The first-order chi connectivity index (χ1) is 15.0. The fraction of sp³-hybridized carbons (Fsp3) is 0.409. The van der Waals surface area contributed by atoms with Gasteiger partial charge in [-0.05, 0) is 44.4 Å². The minimum absolute atomic E-state index is 0.106. The summed E-state index contributed by atoms with van der Waals surface area (Å²) < 4.78 is 13.0. The molecule has 1 aliphatic rings. The lowest BCUT2D eigenvalue weighted by atomic mass is 10.2. The van der Waals surface area contributed by atoms with E-state index in [1.165, 1.54) is 11.8 Å². The molecule has 1 atom stereocenters. The summed E-state index contributed by atoms with van der Waals surface area (Å²) in [6, 6.07) is 7.83. The van der Waals surface area contributed by atoms with Gasteiger partial charge in [0.25, 0.3) is 0 Å². The number of H-pyrrole nitrogens is 1. The summed E-state index contributed by atoms with van der Waals surface area (Å²) in [5.41, 5.74) is 4.03. The summed E-state index contributed by atoms with van der Waals surface area (Å²) in [6.45, 7) is 5.27. The lowest BCUT2D eigenvalue weighted by Gasteiger charge is -2.16. The second-order valence-corrected chi connectivity index (χ2v) is 8.52. The Hall–Kier alpha value is -2.96. The maximum Gasteiger partial charge on any atom is 0.235 e. The fourth-order valence-electron chi connectivity index (χ4n) is 3.81. The van der Waals surface area contributed by atoms with E-state index in [1.54, 1.807) is 7.11 Å². The van der Waals surface area contributed by atoms with Crippen molar-refractivity contribution in [2.75, 3.05) is 24.8 Å². The van der Waals surface area contributed by atoms with Gasteiger partial charge in [0.1, 0.15) is 17.6 Å². The first kappa shape index (κ1) is 21.3. The Morgan fingerprint density at radius 1 is 1.48 bits per heavy atom. The molecule has 0 saturated carbocycles. The molecule has 2 aromatic heterocycles. The number of methoxy groups -OCH3 is 1. The summed E-state index contributed by atoms with van der Waals surface area (Å²) in [5.74, 6) is 1.27. The summed E-state index contributed by atoms with van der Waals surface area (Å²) in [7, 11) is 1.62. The quantitative estimate of drug-likeness (QED) is 0.543. The predicted octanol–water partition coefficient (Wildman–Crippen LogP) is 3.77. The number of nitrogens with zero attached hydrogens (tertiary/aromatic N) is 3. The standard InChI is InChI=1S/C22H25N5O3S/c1-13-14(2)27(11-16-5-4-8-30-16)21(17(13)10-23)26-20(28)12-31-22-24-18-7-6-15(29-3)9-19(18)25-22/h6-7,9,16H,4-5,8,11-12H2,1-3H3,(H,24,25)(H,26,28). The molecule has 1 aromatic carbocycles. The maximum absolute atomic E-state index is 12.7. The van der Waals surface area contributed by atoms with E-state index in [4.69, 9.17) is 9.47 Å².